The Morgan fingerprint density at radius 1 is 1.73 bits per heavy atom. The van der Waals surface area contributed by atoms with Crippen LogP contribution in [-0.2, 0) is 17.1 Å². The average molecular weight is 316 g/mol. The van der Waals surface area contributed by atoms with Gasteiger partial charge in [0.25, 0.3) is 10.0 Å². The van der Waals surface area contributed by atoms with Crippen LogP contribution in [0.15, 0.2) is 21.2 Å². The van der Waals surface area contributed by atoms with Crippen molar-refractivity contribution in [3.8, 4) is 0 Å². The minimum absolute atomic E-state index is 0.0402. The lowest BCUT2D eigenvalue weighted by Gasteiger charge is -2.05. The van der Waals surface area contributed by atoms with E-state index in [0.29, 0.717) is 0 Å². The van der Waals surface area contributed by atoms with Crippen molar-refractivity contribution in [2.24, 2.45) is 7.05 Å². The molecule has 0 fully saturated rings. The van der Waals surface area contributed by atoms with E-state index in [4.69, 9.17) is 11.6 Å². The molecule has 84 valence electrons. The van der Waals surface area contributed by atoms with E-state index in [0.717, 1.165) is 4.68 Å². The van der Waals surface area contributed by atoms with Crippen LogP contribution in [0.25, 0.3) is 0 Å². The third kappa shape index (κ3) is 3.00. The maximum atomic E-state index is 11.7. The van der Waals surface area contributed by atoms with Crippen LogP contribution in [0, 0.1) is 0 Å². The van der Waals surface area contributed by atoms with Gasteiger partial charge in [-0.25, -0.2) is 17.8 Å². The van der Waals surface area contributed by atoms with Crippen LogP contribution in [0.3, 0.4) is 0 Å². The van der Waals surface area contributed by atoms with Gasteiger partial charge in [0.1, 0.15) is 0 Å². The van der Waals surface area contributed by atoms with Gasteiger partial charge in [0.05, 0.1) is 0 Å². The largest absolute Gasteiger partial charge is 0.260 e. The van der Waals surface area contributed by atoms with Crippen molar-refractivity contribution in [2.45, 2.75) is 5.03 Å². The molecular weight excluding hydrogens is 308 g/mol. The Balaban J connectivity index is 3.01. The van der Waals surface area contributed by atoms with Gasteiger partial charge in [-0.2, -0.15) is 0 Å². The number of nitrogens with zero attached hydrogens (tertiary/aromatic N) is 3. The van der Waals surface area contributed by atoms with E-state index in [1.54, 1.807) is 0 Å². The second-order valence-corrected chi connectivity index (χ2v) is 5.62. The standard InChI is InChI=1S/C6H8BrClN4O2S/c1-4(8)3-9-15(13,14)6-5(7)10-11-12(6)2/h9H,1,3H2,2H3. The molecular formula is C6H8BrClN4O2S. The molecule has 9 heteroatoms. The third-order valence-corrected chi connectivity index (χ3v) is 3.87. The van der Waals surface area contributed by atoms with Crippen LogP contribution >= 0.6 is 27.5 Å². The Kier molecular flexibility index (Phi) is 3.87. The first-order valence-electron chi connectivity index (χ1n) is 3.72. The summed E-state index contributed by atoms with van der Waals surface area (Å²) in [5.41, 5.74) is 0. The van der Waals surface area contributed by atoms with E-state index >= 15 is 0 Å². The number of nitrogens with one attached hydrogen (secondary N) is 1. The van der Waals surface area contributed by atoms with Crippen molar-refractivity contribution >= 4 is 37.6 Å². The summed E-state index contributed by atoms with van der Waals surface area (Å²) in [4.78, 5) is 0. The number of hydrogen-bond acceptors (Lipinski definition) is 4. The average Bonchev–Trinajstić information content (AvgIpc) is 2.43. The monoisotopic (exact) mass is 314 g/mol. The van der Waals surface area contributed by atoms with E-state index in [1.807, 2.05) is 0 Å². The Labute approximate surface area is 100 Å². The lowest BCUT2D eigenvalue weighted by molar-refractivity contribution is 0.563. The molecule has 0 aromatic carbocycles. The second kappa shape index (κ2) is 4.60. The molecule has 0 spiro atoms. The van der Waals surface area contributed by atoms with E-state index < -0.39 is 10.0 Å². The molecule has 0 saturated carbocycles. The van der Waals surface area contributed by atoms with E-state index in [9.17, 15) is 8.42 Å². The zero-order valence-corrected chi connectivity index (χ0v) is 10.9. The highest BCUT2D eigenvalue weighted by molar-refractivity contribution is 9.10. The van der Waals surface area contributed by atoms with Crippen molar-refractivity contribution < 1.29 is 8.42 Å². The number of aromatic nitrogens is 3. The molecule has 0 aliphatic rings. The topological polar surface area (TPSA) is 76.9 Å². The Bertz CT molecular complexity index is 464. The molecule has 0 unspecified atom stereocenters. The normalized spacial score (nSPS) is 11.7. The molecule has 1 N–H and O–H groups in total. The van der Waals surface area contributed by atoms with Gasteiger partial charge in [0.2, 0.25) is 5.03 Å². The van der Waals surface area contributed by atoms with Crippen molar-refractivity contribution in [2.75, 3.05) is 6.54 Å². The van der Waals surface area contributed by atoms with E-state index in [-0.39, 0.29) is 21.2 Å². The van der Waals surface area contributed by atoms with Crippen LogP contribution < -0.4 is 4.72 Å². The summed E-state index contributed by atoms with van der Waals surface area (Å²) in [6, 6.07) is 0. The Morgan fingerprint density at radius 2 is 2.33 bits per heavy atom. The minimum atomic E-state index is -3.68. The summed E-state index contributed by atoms with van der Waals surface area (Å²) in [5, 5.41) is 7.26. The molecule has 0 atom stereocenters. The van der Waals surface area contributed by atoms with Crippen molar-refractivity contribution in [1.82, 2.24) is 19.7 Å². The molecule has 0 aliphatic carbocycles. The highest BCUT2D eigenvalue weighted by Crippen LogP contribution is 2.17. The molecule has 6 nitrogen and oxygen atoms in total. The van der Waals surface area contributed by atoms with Crippen LogP contribution in [-0.4, -0.2) is 30.0 Å². The first-order valence-corrected chi connectivity index (χ1v) is 6.38. The fourth-order valence-electron chi connectivity index (χ4n) is 0.850. The van der Waals surface area contributed by atoms with Crippen molar-refractivity contribution in [3.05, 3.63) is 16.2 Å². The summed E-state index contributed by atoms with van der Waals surface area (Å²) in [7, 11) is -2.20. The smallest absolute Gasteiger partial charge is 0.235 e. The van der Waals surface area contributed by atoms with Crippen LogP contribution in [0.1, 0.15) is 0 Å². The highest BCUT2D eigenvalue weighted by atomic mass is 79.9. The van der Waals surface area contributed by atoms with Crippen LogP contribution in [0.2, 0.25) is 0 Å². The molecule has 0 saturated heterocycles. The van der Waals surface area contributed by atoms with E-state index in [2.05, 4.69) is 37.5 Å². The third-order valence-electron chi connectivity index (χ3n) is 1.45. The maximum absolute atomic E-state index is 11.7. The summed E-state index contributed by atoms with van der Waals surface area (Å²) >= 11 is 8.44. The summed E-state index contributed by atoms with van der Waals surface area (Å²) in [6.07, 6.45) is 0. The number of sulfonamides is 1. The fourth-order valence-corrected chi connectivity index (χ4v) is 3.11. The summed E-state index contributed by atoms with van der Waals surface area (Å²) < 4.78 is 26.9. The van der Waals surface area contributed by atoms with Crippen LogP contribution in [0.4, 0.5) is 0 Å². The predicted octanol–water partition coefficient (Wildman–Crippen LogP) is 0.608. The fraction of sp³-hybridized carbons (Fsp3) is 0.333. The first-order chi connectivity index (χ1) is 6.84. The highest BCUT2D eigenvalue weighted by Gasteiger charge is 2.23. The number of hydrogen-bond donors (Lipinski definition) is 1. The van der Waals surface area contributed by atoms with Gasteiger partial charge < -0.3 is 0 Å². The van der Waals surface area contributed by atoms with Gasteiger partial charge in [0.15, 0.2) is 4.60 Å². The molecule has 0 amide bonds. The SMILES string of the molecule is C=C(Cl)CNS(=O)(=O)c1c(Br)nnn1C. The lowest BCUT2D eigenvalue weighted by Crippen LogP contribution is -2.27. The predicted molar refractivity (Wildman–Crippen MR) is 58.9 cm³/mol. The molecule has 0 aliphatic heterocycles. The second-order valence-electron chi connectivity index (χ2n) is 2.65. The lowest BCUT2D eigenvalue weighted by atomic mass is 10.7. The molecule has 0 radical (unpaired) electrons. The molecule has 1 heterocycles. The van der Waals surface area contributed by atoms with Crippen molar-refractivity contribution in [3.63, 3.8) is 0 Å². The van der Waals surface area contributed by atoms with Gasteiger partial charge in [0, 0.05) is 18.6 Å². The summed E-state index contributed by atoms with van der Waals surface area (Å²) in [5.74, 6) is 0. The molecule has 1 aromatic heterocycles. The van der Waals surface area contributed by atoms with E-state index in [1.165, 1.54) is 7.05 Å². The zero-order chi connectivity index (χ0) is 11.6. The molecule has 0 bridgehead atoms. The number of aryl methyl sites for hydroxylation is 1. The minimum Gasteiger partial charge on any atom is -0.235 e. The molecule has 1 aromatic rings. The number of rotatable bonds is 4. The molecule has 15 heavy (non-hydrogen) atoms. The van der Waals surface area contributed by atoms with Gasteiger partial charge in [-0.05, 0) is 15.9 Å². The maximum Gasteiger partial charge on any atom is 0.260 e. The van der Waals surface area contributed by atoms with Gasteiger partial charge in [-0.3, -0.25) is 0 Å². The van der Waals surface area contributed by atoms with Gasteiger partial charge in [-0.1, -0.05) is 23.4 Å². The number of halogens is 2. The summed E-state index contributed by atoms with van der Waals surface area (Å²) in [6.45, 7) is 3.33. The van der Waals surface area contributed by atoms with Crippen LogP contribution in [0.5, 0.6) is 0 Å². The quantitative estimate of drug-likeness (QED) is 0.883. The van der Waals surface area contributed by atoms with Gasteiger partial charge >= 0.3 is 0 Å². The van der Waals surface area contributed by atoms with Gasteiger partial charge in [-0.15, -0.1) is 5.10 Å². The van der Waals surface area contributed by atoms with Crippen molar-refractivity contribution in [1.29, 1.82) is 0 Å². The zero-order valence-electron chi connectivity index (χ0n) is 7.74. The Hall–Kier alpha value is -0.440. The first kappa shape index (κ1) is 12.6. The Morgan fingerprint density at radius 3 is 2.73 bits per heavy atom. The molecule has 1 rings (SSSR count).